The fourth-order valence-corrected chi connectivity index (χ4v) is 3.18. The van der Waals surface area contributed by atoms with E-state index in [0.717, 1.165) is 11.4 Å². The molecule has 0 amide bonds. The van der Waals surface area contributed by atoms with Crippen LogP contribution >= 0.6 is 12.2 Å². The van der Waals surface area contributed by atoms with Crippen LogP contribution < -0.4 is 10.6 Å². The van der Waals surface area contributed by atoms with Crippen LogP contribution in [-0.2, 0) is 0 Å². The van der Waals surface area contributed by atoms with Gasteiger partial charge in [-0.05, 0) is 77.1 Å². The van der Waals surface area contributed by atoms with Gasteiger partial charge in [0, 0.05) is 11.4 Å². The smallest absolute Gasteiger partial charge is 0.175 e. The van der Waals surface area contributed by atoms with Crippen molar-refractivity contribution >= 4 is 50.2 Å². The molecule has 0 atom stereocenters. The molecule has 2 N–H and O–H groups in total. The van der Waals surface area contributed by atoms with Gasteiger partial charge in [0.1, 0.15) is 0 Å². The number of anilines is 2. The topological polar surface area (TPSA) is 24.1 Å². The van der Waals surface area contributed by atoms with E-state index in [4.69, 9.17) is 12.2 Å². The number of aryl methyl sites for hydroxylation is 1. The molecule has 0 saturated carbocycles. The monoisotopic (exact) mass is 342 g/mol. The molecule has 4 aromatic rings. The van der Waals surface area contributed by atoms with Crippen molar-refractivity contribution in [2.45, 2.75) is 6.92 Å². The van der Waals surface area contributed by atoms with Gasteiger partial charge in [-0.1, -0.05) is 48.0 Å². The molecule has 0 aliphatic heterocycles. The molecule has 0 saturated heterocycles. The number of thiocarbonyl (C=S) groups is 1. The Labute approximate surface area is 152 Å². The van der Waals surface area contributed by atoms with Crippen molar-refractivity contribution in [2.24, 2.45) is 0 Å². The van der Waals surface area contributed by atoms with Crippen LogP contribution in [0.2, 0.25) is 0 Å². The van der Waals surface area contributed by atoms with Gasteiger partial charge in [-0.3, -0.25) is 0 Å². The van der Waals surface area contributed by atoms with Gasteiger partial charge in [-0.25, -0.2) is 0 Å². The van der Waals surface area contributed by atoms with Gasteiger partial charge in [0.15, 0.2) is 5.11 Å². The zero-order valence-corrected chi connectivity index (χ0v) is 14.7. The van der Waals surface area contributed by atoms with Crippen molar-refractivity contribution < 1.29 is 0 Å². The second kappa shape index (κ2) is 6.54. The lowest BCUT2D eigenvalue weighted by atomic mass is 10.0. The van der Waals surface area contributed by atoms with E-state index in [9.17, 15) is 0 Å². The predicted molar refractivity (Wildman–Crippen MR) is 112 cm³/mol. The van der Waals surface area contributed by atoms with E-state index in [1.165, 1.54) is 27.1 Å². The summed E-state index contributed by atoms with van der Waals surface area (Å²) in [5.74, 6) is 0. The summed E-state index contributed by atoms with van der Waals surface area (Å²) in [4.78, 5) is 0. The Balaban J connectivity index is 1.57. The first-order chi connectivity index (χ1) is 12.2. The summed E-state index contributed by atoms with van der Waals surface area (Å²) in [5, 5.41) is 12.0. The summed E-state index contributed by atoms with van der Waals surface area (Å²) in [6, 6.07) is 27.3. The number of fused-ring (bicyclic) bond motifs is 2. The van der Waals surface area contributed by atoms with E-state index >= 15 is 0 Å². The summed E-state index contributed by atoms with van der Waals surface area (Å²) >= 11 is 5.43. The Bertz CT molecular complexity index is 1070. The summed E-state index contributed by atoms with van der Waals surface area (Å²) in [5.41, 5.74) is 3.19. The maximum atomic E-state index is 5.43. The molecule has 0 aliphatic carbocycles. The van der Waals surface area contributed by atoms with Crippen molar-refractivity contribution in [2.75, 3.05) is 10.6 Å². The third-order valence-electron chi connectivity index (χ3n) is 4.27. The fourth-order valence-electron chi connectivity index (χ4n) is 2.95. The molecule has 122 valence electrons. The summed E-state index contributed by atoms with van der Waals surface area (Å²) in [7, 11) is 0. The molecule has 0 radical (unpaired) electrons. The van der Waals surface area contributed by atoms with Gasteiger partial charge < -0.3 is 10.6 Å². The van der Waals surface area contributed by atoms with E-state index < -0.39 is 0 Å². The molecule has 0 bridgehead atoms. The average Bonchev–Trinajstić information content (AvgIpc) is 2.62. The van der Waals surface area contributed by atoms with Gasteiger partial charge >= 0.3 is 0 Å². The molecular weight excluding hydrogens is 324 g/mol. The largest absolute Gasteiger partial charge is 0.332 e. The minimum atomic E-state index is 0.587. The number of benzene rings is 4. The van der Waals surface area contributed by atoms with Gasteiger partial charge in [-0.15, -0.1) is 0 Å². The molecule has 2 nitrogen and oxygen atoms in total. The summed E-state index contributed by atoms with van der Waals surface area (Å²) in [6.45, 7) is 2.07. The normalized spacial score (nSPS) is 10.8. The van der Waals surface area contributed by atoms with Crippen LogP contribution in [0.1, 0.15) is 5.56 Å². The first kappa shape index (κ1) is 15.6. The SMILES string of the molecule is Cc1ccc(NC(=S)Nc2ccc3cc4ccccc4cc3c2)cc1. The van der Waals surface area contributed by atoms with Gasteiger partial charge in [0.2, 0.25) is 0 Å². The Hall–Kier alpha value is -2.91. The molecule has 4 aromatic carbocycles. The van der Waals surface area contributed by atoms with E-state index in [0.29, 0.717) is 5.11 Å². The highest BCUT2D eigenvalue weighted by atomic mass is 32.1. The van der Waals surface area contributed by atoms with Gasteiger partial charge in [-0.2, -0.15) is 0 Å². The Kier molecular flexibility index (Phi) is 4.08. The van der Waals surface area contributed by atoms with Crippen molar-refractivity contribution in [3.05, 3.63) is 84.4 Å². The van der Waals surface area contributed by atoms with Crippen LogP contribution in [0.25, 0.3) is 21.5 Å². The Morgan fingerprint density at radius 3 is 1.92 bits per heavy atom. The summed E-state index contributed by atoms with van der Waals surface area (Å²) in [6.07, 6.45) is 0. The number of hydrogen-bond acceptors (Lipinski definition) is 1. The van der Waals surface area contributed by atoms with Crippen LogP contribution in [0.4, 0.5) is 11.4 Å². The molecule has 0 heterocycles. The minimum absolute atomic E-state index is 0.587. The van der Waals surface area contributed by atoms with Crippen LogP contribution in [-0.4, -0.2) is 5.11 Å². The van der Waals surface area contributed by atoms with Crippen molar-refractivity contribution in [1.82, 2.24) is 0 Å². The molecule has 3 heteroatoms. The lowest BCUT2D eigenvalue weighted by molar-refractivity contribution is 1.47. The van der Waals surface area contributed by atoms with Crippen LogP contribution in [0.15, 0.2) is 78.9 Å². The lowest BCUT2D eigenvalue weighted by Crippen LogP contribution is -2.18. The van der Waals surface area contributed by atoms with Gasteiger partial charge in [0.25, 0.3) is 0 Å². The third-order valence-corrected chi connectivity index (χ3v) is 4.48. The number of nitrogens with one attached hydrogen (secondary N) is 2. The zero-order valence-electron chi connectivity index (χ0n) is 13.9. The standard InChI is InChI=1S/C22H18N2S/c1-15-6-9-20(10-7-15)23-22(25)24-21-11-8-18-12-16-4-2-3-5-17(16)13-19(18)14-21/h2-14H,1H3,(H2,23,24,25). The number of hydrogen-bond donors (Lipinski definition) is 2. The molecule has 0 aromatic heterocycles. The van der Waals surface area contributed by atoms with Crippen molar-refractivity contribution in [3.63, 3.8) is 0 Å². The Morgan fingerprint density at radius 2 is 1.20 bits per heavy atom. The predicted octanol–water partition coefficient (Wildman–Crippen LogP) is 6.11. The summed E-state index contributed by atoms with van der Waals surface area (Å²) < 4.78 is 0. The van der Waals surface area contributed by atoms with E-state index in [-0.39, 0.29) is 0 Å². The van der Waals surface area contributed by atoms with Crippen molar-refractivity contribution in [3.8, 4) is 0 Å². The first-order valence-corrected chi connectivity index (χ1v) is 8.65. The highest BCUT2D eigenvalue weighted by Gasteiger charge is 2.02. The highest BCUT2D eigenvalue weighted by molar-refractivity contribution is 7.80. The maximum absolute atomic E-state index is 5.43. The minimum Gasteiger partial charge on any atom is -0.332 e. The quantitative estimate of drug-likeness (QED) is 0.339. The molecule has 0 fully saturated rings. The second-order valence-corrected chi connectivity index (χ2v) is 6.61. The molecule has 0 aliphatic rings. The first-order valence-electron chi connectivity index (χ1n) is 8.25. The molecule has 25 heavy (non-hydrogen) atoms. The molecule has 4 rings (SSSR count). The molecule has 0 spiro atoms. The fraction of sp³-hybridized carbons (Fsp3) is 0.0455. The highest BCUT2D eigenvalue weighted by Crippen LogP contribution is 2.25. The lowest BCUT2D eigenvalue weighted by Gasteiger charge is -2.12. The van der Waals surface area contributed by atoms with Crippen LogP contribution in [0, 0.1) is 6.92 Å². The Morgan fingerprint density at radius 1 is 0.640 bits per heavy atom. The van der Waals surface area contributed by atoms with E-state index in [2.05, 4.69) is 84.3 Å². The zero-order chi connectivity index (χ0) is 17.2. The molecule has 0 unspecified atom stereocenters. The average molecular weight is 342 g/mol. The van der Waals surface area contributed by atoms with Crippen LogP contribution in [0.3, 0.4) is 0 Å². The maximum Gasteiger partial charge on any atom is 0.175 e. The third kappa shape index (κ3) is 3.47. The number of rotatable bonds is 2. The van der Waals surface area contributed by atoms with Gasteiger partial charge in [0.05, 0.1) is 0 Å². The molecular formula is C22H18N2S. The van der Waals surface area contributed by atoms with E-state index in [1.54, 1.807) is 0 Å². The van der Waals surface area contributed by atoms with Crippen LogP contribution in [0.5, 0.6) is 0 Å². The second-order valence-electron chi connectivity index (χ2n) is 6.21. The van der Waals surface area contributed by atoms with E-state index in [1.807, 2.05) is 12.1 Å². The van der Waals surface area contributed by atoms with Crippen molar-refractivity contribution in [1.29, 1.82) is 0 Å².